The normalized spacial score (nSPS) is 15.1. The van der Waals surface area contributed by atoms with Gasteiger partial charge in [0, 0.05) is 83.5 Å². The molecule has 0 bridgehead atoms. The summed E-state index contributed by atoms with van der Waals surface area (Å²) in [5.41, 5.74) is 8.05. The SMILES string of the molecule is CCO.CCOC(=O)c1cnn2ccc(N3CCCC3c3cc(F)cnc3CCN(C)NC(=O)OC(C)(C)C)nc12.CN(CCc1ncc(F)cc1C1CCCN1c1ccn2ncc(C(=O)O)c2n1)NC(=O)OC(C)(C)C.[Li+].[OH-]. The number of halogens is 2. The van der Waals surface area contributed by atoms with E-state index < -0.39 is 47.0 Å². The molecule has 5 N–H and O–H groups in total. The van der Waals surface area contributed by atoms with Crippen molar-refractivity contribution in [3.05, 3.63) is 107 Å². The van der Waals surface area contributed by atoms with Crippen LogP contribution < -0.4 is 39.5 Å². The van der Waals surface area contributed by atoms with E-state index in [1.54, 1.807) is 98.0 Å². The second kappa shape index (κ2) is 28.7. The number of aromatic carboxylic acids is 1. The molecule has 8 rings (SSSR count). The molecule has 8 heterocycles. The van der Waals surface area contributed by atoms with Gasteiger partial charge in [0.1, 0.15) is 45.6 Å². The molecule has 79 heavy (non-hydrogen) atoms. The molecule has 0 saturated carbocycles. The number of carbonyl (C=O) groups is 4. The molecule has 2 atom stereocenters. The number of carboxylic acid groups (broad SMARTS) is 1. The molecule has 2 saturated heterocycles. The van der Waals surface area contributed by atoms with Crippen LogP contribution >= 0.6 is 0 Å². The van der Waals surface area contributed by atoms with Crippen molar-refractivity contribution in [2.75, 3.05) is 63.3 Å². The molecule has 2 amide bonds. The van der Waals surface area contributed by atoms with Gasteiger partial charge in [-0.05, 0) is 116 Å². The van der Waals surface area contributed by atoms with Gasteiger partial charge in [-0.25, -0.2) is 57.0 Å². The van der Waals surface area contributed by atoms with E-state index in [0.717, 1.165) is 42.5 Å². The summed E-state index contributed by atoms with van der Waals surface area (Å²) in [5, 5.41) is 28.5. The minimum Gasteiger partial charge on any atom is -0.870 e. The number of aliphatic hydroxyl groups is 1. The standard InChI is InChI=1S/C26H34FN7O4.C24H30FN7O4.C2H6O.Li.H2O/c1-6-37-24(35)19-16-29-34-13-10-22(30-23(19)34)33-11-7-8-21(33)18-14-17(27)15-28-20(18)9-12-32(5)31-25(36)38-26(2,3)4;1-24(2,3)36-23(35)29-30(4)10-7-18-16(12-15(25)13-26-18)19-6-5-9-31(19)20-8-11-32-21(28-20)17(14-27-32)22(33)34;1-2-3;;/h10,13-16,21H,6-9,11-12H2,1-5H3,(H,31,36);8,11-14,19H,5-7,9-10H2,1-4H3,(H,29,35)(H,33,34);3H,2H2,1H3;;1H2/q;;;+1;/p-1. The number of fused-ring (bicyclic) bond motifs is 2. The van der Waals surface area contributed by atoms with Crippen molar-refractivity contribution in [3.8, 4) is 0 Å². The first kappa shape index (κ1) is 64.4. The summed E-state index contributed by atoms with van der Waals surface area (Å²) in [7, 11) is 3.46. The maximum atomic E-state index is 14.4. The number of aromatic nitrogens is 8. The average molecular weight is 1100 g/mol. The van der Waals surface area contributed by atoms with Crippen molar-refractivity contribution in [1.29, 1.82) is 0 Å². The Bertz CT molecular complexity index is 3010. The number of pyridine rings is 2. The molecular formula is C52H71F2LiN14O10. The van der Waals surface area contributed by atoms with Crippen molar-refractivity contribution in [2.45, 2.75) is 117 Å². The van der Waals surface area contributed by atoms with E-state index in [2.05, 4.69) is 40.9 Å². The Hall–Kier alpha value is -7.08. The predicted molar refractivity (Wildman–Crippen MR) is 282 cm³/mol. The quantitative estimate of drug-likeness (QED) is 0.0493. The maximum Gasteiger partial charge on any atom is 1.00 e. The summed E-state index contributed by atoms with van der Waals surface area (Å²) >= 11 is 0. The fraction of sp³-hybridized carbons (Fsp3) is 0.500. The van der Waals surface area contributed by atoms with Crippen LogP contribution in [0.5, 0.6) is 0 Å². The zero-order valence-electron chi connectivity index (χ0n) is 46.7. The third-order valence-corrected chi connectivity index (χ3v) is 11.9. The number of carboxylic acids is 1. The van der Waals surface area contributed by atoms with Gasteiger partial charge in [0.25, 0.3) is 0 Å². The molecule has 2 fully saturated rings. The fourth-order valence-electron chi connectivity index (χ4n) is 8.80. The van der Waals surface area contributed by atoms with Gasteiger partial charge in [0.05, 0.1) is 43.5 Å². The van der Waals surface area contributed by atoms with Crippen molar-refractivity contribution in [2.24, 2.45) is 0 Å². The number of nitrogens with zero attached hydrogens (tertiary/aromatic N) is 12. The van der Waals surface area contributed by atoms with Gasteiger partial charge in [-0.3, -0.25) is 20.8 Å². The summed E-state index contributed by atoms with van der Waals surface area (Å²) in [5.74, 6) is -1.19. The molecular weight excluding hydrogens is 1030 g/mol. The van der Waals surface area contributed by atoms with Crippen molar-refractivity contribution >= 4 is 47.1 Å². The molecule has 424 valence electrons. The maximum absolute atomic E-state index is 14.4. The first-order valence-electron chi connectivity index (χ1n) is 25.4. The summed E-state index contributed by atoms with van der Waals surface area (Å²) < 4.78 is 47.4. The van der Waals surface area contributed by atoms with Crippen molar-refractivity contribution in [3.63, 3.8) is 0 Å². The Morgan fingerprint density at radius 3 is 1.51 bits per heavy atom. The van der Waals surface area contributed by atoms with E-state index in [1.807, 2.05) is 11.0 Å². The number of ether oxygens (including phenoxy) is 3. The Morgan fingerprint density at radius 2 is 1.11 bits per heavy atom. The fourth-order valence-corrected chi connectivity index (χ4v) is 8.80. The van der Waals surface area contributed by atoms with E-state index in [4.69, 9.17) is 24.3 Å². The molecule has 6 aromatic rings. The second-order valence-corrected chi connectivity index (χ2v) is 20.2. The molecule has 0 aliphatic carbocycles. The third-order valence-electron chi connectivity index (χ3n) is 11.9. The number of aliphatic hydroxyl groups excluding tert-OH is 1. The number of hydrogen-bond donors (Lipinski definition) is 4. The number of amides is 2. The van der Waals surface area contributed by atoms with Crippen LogP contribution in [0.4, 0.5) is 30.0 Å². The van der Waals surface area contributed by atoms with E-state index in [-0.39, 0.29) is 66.4 Å². The van der Waals surface area contributed by atoms with Crippen LogP contribution in [0.3, 0.4) is 0 Å². The molecule has 0 radical (unpaired) electrons. The van der Waals surface area contributed by atoms with Gasteiger partial charge in [-0.1, -0.05) is 0 Å². The van der Waals surface area contributed by atoms with Gasteiger partial charge in [-0.2, -0.15) is 10.2 Å². The molecule has 2 aliphatic rings. The number of hydrogen-bond acceptors (Lipinski definition) is 19. The molecule has 2 aliphatic heterocycles. The van der Waals surface area contributed by atoms with Crippen LogP contribution in [-0.4, -0.2) is 154 Å². The first-order valence-corrected chi connectivity index (χ1v) is 25.4. The Morgan fingerprint density at radius 1 is 0.709 bits per heavy atom. The zero-order valence-corrected chi connectivity index (χ0v) is 46.7. The van der Waals surface area contributed by atoms with E-state index in [0.29, 0.717) is 62.0 Å². The Balaban J connectivity index is 0.000000317. The molecule has 27 heteroatoms. The van der Waals surface area contributed by atoms with Gasteiger partial charge < -0.3 is 39.7 Å². The average Bonchev–Trinajstić information content (AvgIpc) is 4.21. The minimum absolute atomic E-state index is 0. The molecule has 2 unspecified atom stereocenters. The smallest absolute Gasteiger partial charge is 0.870 e. The van der Waals surface area contributed by atoms with Gasteiger partial charge in [0.15, 0.2) is 11.3 Å². The van der Waals surface area contributed by atoms with E-state index in [9.17, 15) is 33.1 Å². The number of carbonyl (C=O) groups excluding carboxylic acids is 3. The van der Waals surface area contributed by atoms with E-state index >= 15 is 0 Å². The number of nitrogens with one attached hydrogen (secondary N) is 2. The molecule has 0 aromatic carbocycles. The largest absolute Gasteiger partial charge is 1.00 e. The number of hydrazine groups is 2. The third kappa shape index (κ3) is 17.7. The molecule has 0 spiro atoms. The van der Waals surface area contributed by atoms with Crippen LogP contribution in [-0.2, 0) is 27.1 Å². The zero-order chi connectivity index (χ0) is 56.2. The molecule has 24 nitrogen and oxygen atoms in total. The summed E-state index contributed by atoms with van der Waals surface area (Å²) in [6.07, 6.45) is 11.7. The predicted octanol–water partition coefficient (Wildman–Crippen LogP) is 3.74. The minimum atomic E-state index is -1.10. The second-order valence-electron chi connectivity index (χ2n) is 20.2. The van der Waals surface area contributed by atoms with Crippen molar-refractivity contribution < 1.29 is 76.7 Å². The summed E-state index contributed by atoms with van der Waals surface area (Å²) in [6.45, 7) is 17.0. The van der Waals surface area contributed by atoms with Gasteiger partial charge in [-0.15, -0.1) is 0 Å². The van der Waals surface area contributed by atoms with Crippen molar-refractivity contribution in [1.82, 2.24) is 60.0 Å². The van der Waals surface area contributed by atoms with Gasteiger partial charge in [0.2, 0.25) is 0 Å². The Labute approximate surface area is 469 Å². The number of rotatable bonds is 15. The topological polar surface area (TPSA) is 290 Å². The van der Waals surface area contributed by atoms with Gasteiger partial charge >= 0.3 is 43.0 Å². The van der Waals surface area contributed by atoms with Crippen LogP contribution in [0.15, 0.2) is 61.4 Å². The number of likely N-dealkylation sites (N-methyl/N-ethyl adjacent to an activating group) is 2. The number of esters is 1. The van der Waals surface area contributed by atoms with E-state index in [1.165, 1.54) is 46.0 Å². The Kier molecular flexibility index (Phi) is 23.4. The van der Waals surface area contributed by atoms with Crippen LogP contribution in [0, 0.1) is 11.6 Å². The summed E-state index contributed by atoms with van der Waals surface area (Å²) in [6, 6.07) is 6.29. The molecule has 6 aromatic heterocycles. The first-order chi connectivity index (χ1) is 36.5. The van der Waals surface area contributed by atoms with Crippen LogP contribution in [0.1, 0.15) is 136 Å². The monoisotopic (exact) mass is 1100 g/mol. The summed E-state index contributed by atoms with van der Waals surface area (Å²) in [4.78, 5) is 70.2. The number of anilines is 2. The van der Waals surface area contributed by atoms with Crippen LogP contribution in [0.25, 0.3) is 11.3 Å². The van der Waals surface area contributed by atoms with Crippen LogP contribution in [0.2, 0.25) is 0 Å².